The maximum absolute atomic E-state index is 12.6. The molecule has 1 atom stereocenters. The maximum atomic E-state index is 12.6. The molecular weight excluding hydrogens is 310 g/mol. The minimum Gasteiger partial charge on any atom is -0.425 e. The highest BCUT2D eigenvalue weighted by molar-refractivity contribution is 5.76. The lowest BCUT2D eigenvalue weighted by molar-refractivity contribution is -0.140. The van der Waals surface area contributed by atoms with Crippen LogP contribution in [0.4, 0.5) is 0 Å². The average molecular weight is 333 g/mol. The molecule has 1 N–H and O–H groups in total. The zero-order valence-corrected chi connectivity index (χ0v) is 14.3. The van der Waals surface area contributed by atoms with Gasteiger partial charge in [0, 0.05) is 37.2 Å². The number of nitrogens with zero attached hydrogens (tertiary/aromatic N) is 4. The van der Waals surface area contributed by atoms with Crippen LogP contribution in [0.3, 0.4) is 0 Å². The molecule has 1 aliphatic rings. The molecule has 8 heteroatoms. The summed E-state index contributed by atoms with van der Waals surface area (Å²) in [5.41, 5.74) is 0.968. The number of rotatable bonds is 5. The molecule has 1 aliphatic heterocycles. The fourth-order valence-corrected chi connectivity index (χ4v) is 2.69. The fraction of sp³-hybridized carbons (Fsp3) is 0.625. The van der Waals surface area contributed by atoms with Crippen molar-refractivity contribution in [3.8, 4) is 0 Å². The van der Waals surface area contributed by atoms with Crippen molar-refractivity contribution in [1.29, 1.82) is 0 Å². The van der Waals surface area contributed by atoms with Gasteiger partial charge in [-0.1, -0.05) is 13.8 Å². The Kier molecular flexibility index (Phi) is 4.94. The number of nitrogens with one attached hydrogen (secondary N) is 1. The van der Waals surface area contributed by atoms with Crippen LogP contribution in [0.2, 0.25) is 0 Å². The molecule has 0 spiro atoms. The number of morpholine rings is 1. The van der Waals surface area contributed by atoms with E-state index in [1.807, 2.05) is 25.7 Å². The highest BCUT2D eigenvalue weighted by Gasteiger charge is 2.30. The van der Waals surface area contributed by atoms with E-state index in [1.165, 1.54) is 0 Å². The van der Waals surface area contributed by atoms with E-state index >= 15 is 0 Å². The number of aryl methyl sites for hydroxylation is 2. The largest absolute Gasteiger partial charge is 0.425 e. The summed E-state index contributed by atoms with van der Waals surface area (Å²) in [5.74, 6) is 2.10. The SMILES string of the molecule is Cc1cnc([C@H]2COCCN2C(=O)CCc2nnc(C(C)C)o2)[nH]1. The molecule has 3 rings (SSSR count). The number of carbonyl (C=O) groups is 1. The van der Waals surface area contributed by atoms with E-state index in [2.05, 4.69) is 20.2 Å². The number of imidazole rings is 1. The Morgan fingerprint density at radius 1 is 1.46 bits per heavy atom. The Bertz CT molecular complexity index is 693. The van der Waals surface area contributed by atoms with Gasteiger partial charge >= 0.3 is 0 Å². The molecule has 0 saturated carbocycles. The highest BCUT2D eigenvalue weighted by Crippen LogP contribution is 2.23. The highest BCUT2D eigenvalue weighted by atomic mass is 16.5. The predicted molar refractivity (Wildman–Crippen MR) is 85.3 cm³/mol. The lowest BCUT2D eigenvalue weighted by atomic mass is 10.1. The Morgan fingerprint density at radius 3 is 2.96 bits per heavy atom. The molecule has 1 saturated heterocycles. The van der Waals surface area contributed by atoms with Gasteiger partial charge in [0.15, 0.2) is 0 Å². The number of amides is 1. The Balaban J connectivity index is 1.63. The molecule has 0 bridgehead atoms. The van der Waals surface area contributed by atoms with Gasteiger partial charge < -0.3 is 19.0 Å². The van der Waals surface area contributed by atoms with Gasteiger partial charge in [0.2, 0.25) is 17.7 Å². The first-order chi connectivity index (χ1) is 11.5. The molecular formula is C16H23N5O3. The quantitative estimate of drug-likeness (QED) is 0.895. The van der Waals surface area contributed by atoms with Crippen molar-refractivity contribution < 1.29 is 13.9 Å². The summed E-state index contributed by atoms with van der Waals surface area (Å²) in [6, 6.07) is -0.172. The summed E-state index contributed by atoms with van der Waals surface area (Å²) >= 11 is 0. The Hall–Kier alpha value is -2.22. The summed E-state index contributed by atoms with van der Waals surface area (Å²) in [6.45, 7) is 7.48. The van der Waals surface area contributed by atoms with E-state index in [9.17, 15) is 4.79 Å². The molecule has 2 aromatic rings. The number of H-pyrrole nitrogens is 1. The Morgan fingerprint density at radius 2 is 2.29 bits per heavy atom. The summed E-state index contributed by atoms with van der Waals surface area (Å²) in [6.07, 6.45) is 2.54. The van der Waals surface area contributed by atoms with Crippen molar-refractivity contribution in [2.75, 3.05) is 19.8 Å². The van der Waals surface area contributed by atoms with Crippen LogP contribution in [0.1, 0.15) is 55.5 Å². The second kappa shape index (κ2) is 7.12. The van der Waals surface area contributed by atoms with Crippen LogP contribution in [-0.2, 0) is 16.0 Å². The van der Waals surface area contributed by atoms with Gasteiger partial charge in [-0.3, -0.25) is 4.79 Å². The summed E-state index contributed by atoms with van der Waals surface area (Å²) in [5, 5.41) is 8.00. The first-order valence-corrected chi connectivity index (χ1v) is 8.25. The van der Waals surface area contributed by atoms with E-state index in [4.69, 9.17) is 9.15 Å². The number of aromatic nitrogens is 4. The van der Waals surface area contributed by atoms with Crippen LogP contribution < -0.4 is 0 Å². The maximum Gasteiger partial charge on any atom is 0.223 e. The van der Waals surface area contributed by atoms with Gasteiger partial charge in [-0.15, -0.1) is 10.2 Å². The third kappa shape index (κ3) is 3.64. The third-order valence-corrected chi connectivity index (χ3v) is 4.02. The molecule has 130 valence electrons. The fourth-order valence-electron chi connectivity index (χ4n) is 2.69. The molecule has 24 heavy (non-hydrogen) atoms. The van der Waals surface area contributed by atoms with Gasteiger partial charge in [-0.2, -0.15) is 0 Å². The molecule has 0 aromatic carbocycles. The van der Waals surface area contributed by atoms with E-state index in [-0.39, 0.29) is 17.9 Å². The van der Waals surface area contributed by atoms with Crippen LogP contribution in [0, 0.1) is 6.92 Å². The van der Waals surface area contributed by atoms with Gasteiger partial charge in [-0.05, 0) is 6.92 Å². The van der Waals surface area contributed by atoms with E-state index in [1.54, 1.807) is 6.20 Å². The molecule has 0 aliphatic carbocycles. The predicted octanol–water partition coefficient (Wildman–Crippen LogP) is 1.76. The van der Waals surface area contributed by atoms with Gasteiger partial charge in [0.25, 0.3) is 0 Å². The van der Waals surface area contributed by atoms with E-state index in [0.717, 1.165) is 11.5 Å². The number of aromatic amines is 1. The molecule has 1 amide bonds. The van der Waals surface area contributed by atoms with Crippen molar-refractivity contribution in [1.82, 2.24) is 25.1 Å². The molecule has 8 nitrogen and oxygen atoms in total. The van der Waals surface area contributed by atoms with Crippen molar-refractivity contribution >= 4 is 5.91 Å². The monoisotopic (exact) mass is 333 g/mol. The number of carbonyl (C=O) groups excluding carboxylic acids is 1. The molecule has 0 radical (unpaired) electrons. The van der Waals surface area contributed by atoms with Gasteiger partial charge in [0.1, 0.15) is 11.9 Å². The second-order valence-electron chi connectivity index (χ2n) is 6.32. The van der Waals surface area contributed by atoms with E-state index < -0.39 is 0 Å². The first kappa shape index (κ1) is 16.6. The molecule has 3 heterocycles. The third-order valence-electron chi connectivity index (χ3n) is 4.02. The number of hydrogen-bond acceptors (Lipinski definition) is 6. The summed E-state index contributed by atoms with van der Waals surface area (Å²) < 4.78 is 11.1. The number of hydrogen-bond donors (Lipinski definition) is 1. The van der Waals surface area contributed by atoms with E-state index in [0.29, 0.717) is 44.4 Å². The van der Waals surface area contributed by atoms with Crippen molar-refractivity contribution in [2.45, 2.75) is 45.6 Å². The van der Waals surface area contributed by atoms with Crippen LogP contribution in [-0.4, -0.2) is 50.7 Å². The van der Waals surface area contributed by atoms with Gasteiger partial charge in [0.05, 0.1) is 13.2 Å². The van der Waals surface area contributed by atoms with Crippen LogP contribution in [0.15, 0.2) is 10.6 Å². The van der Waals surface area contributed by atoms with Crippen LogP contribution in [0.25, 0.3) is 0 Å². The topological polar surface area (TPSA) is 97.1 Å². The zero-order valence-electron chi connectivity index (χ0n) is 14.3. The smallest absolute Gasteiger partial charge is 0.223 e. The average Bonchev–Trinajstić information content (AvgIpc) is 3.21. The van der Waals surface area contributed by atoms with Crippen LogP contribution >= 0.6 is 0 Å². The minimum absolute atomic E-state index is 0.0432. The normalized spacial score (nSPS) is 18.3. The molecule has 1 fully saturated rings. The summed E-state index contributed by atoms with van der Waals surface area (Å²) in [7, 11) is 0. The molecule has 2 aromatic heterocycles. The van der Waals surface area contributed by atoms with Crippen LogP contribution in [0.5, 0.6) is 0 Å². The first-order valence-electron chi connectivity index (χ1n) is 8.25. The van der Waals surface area contributed by atoms with Gasteiger partial charge in [-0.25, -0.2) is 4.98 Å². The lowest BCUT2D eigenvalue weighted by Crippen LogP contribution is -2.44. The number of ether oxygens (including phenoxy) is 1. The van der Waals surface area contributed by atoms with Crippen molar-refractivity contribution in [3.63, 3.8) is 0 Å². The van der Waals surface area contributed by atoms with Crippen molar-refractivity contribution in [3.05, 3.63) is 29.5 Å². The zero-order chi connectivity index (χ0) is 17.1. The standard InChI is InChI=1S/C16H23N5O3/c1-10(2)16-20-19-13(24-16)4-5-14(22)21-6-7-23-9-12(21)15-17-8-11(3)18-15/h8,10,12H,4-7,9H2,1-3H3,(H,17,18)/t12-/m1/s1. The minimum atomic E-state index is -0.172. The Labute approximate surface area is 140 Å². The summed E-state index contributed by atoms with van der Waals surface area (Å²) in [4.78, 5) is 22.0. The molecule has 0 unspecified atom stereocenters. The second-order valence-corrected chi connectivity index (χ2v) is 6.32. The van der Waals surface area contributed by atoms with Crippen molar-refractivity contribution in [2.24, 2.45) is 0 Å². The lowest BCUT2D eigenvalue weighted by Gasteiger charge is -2.34.